The molecule has 0 aliphatic rings. The van der Waals surface area contributed by atoms with Crippen LogP contribution in [0.1, 0.15) is 11.6 Å². The zero-order chi connectivity index (χ0) is 13.0. The largest absolute Gasteiger partial charge is 0.365 e. The van der Waals surface area contributed by atoms with E-state index in [0.29, 0.717) is 5.02 Å². The molecular weight excluding hydrogens is 312 g/mol. The molecule has 1 atom stereocenters. The lowest BCUT2D eigenvalue weighted by atomic mass is 10.1. The van der Waals surface area contributed by atoms with Gasteiger partial charge in [-0.25, -0.2) is 0 Å². The maximum atomic E-state index is 9.25. The van der Waals surface area contributed by atoms with Crippen LogP contribution in [0, 0.1) is 11.3 Å². The first kappa shape index (κ1) is 12.9. The maximum absolute atomic E-state index is 9.25. The number of halogens is 2. The molecule has 0 aliphatic carbocycles. The highest BCUT2D eigenvalue weighted by atomic mass is 79.9. The fourth-order valence-electron chi connectivity index (χ4n) is 1.61. The summed E-state index contributed by atoms with van der Waals surface area (Å²) in [6, 6.07) is 16.8. The number of nitriles is 1. The van der Waals surface area contributed by atoms with Crippen molar-refractivity contribution in [2.75, 3.05) is 5.32 Å². The van der Waals surface area contributed by atoms with E-state index < -0.39 is 6.04 Å². The Balaban J connectivity index is 2.26. The summed E-state index contributed by atoms with van der Waals surface area (Å²) >= 11 is 9.38. The van der Waals surface area contributed by atoms with E-state index in [-0.39, 0.29) is 0 Å². The Bertz CT molecular complexity index is 592. The van der Waals surface area contributed by atoms with Crippen molar-refractivity contribution in [1.82, 2.24) is 0 Å². The minimum atomic E-state index is -0.428. The standard InChI is InChI=1S/C14H10BrClN2/c15-12-6-1-2-7-13(12)18-14(9-17)10-4-3-5-11(16)8-10/h1-8,14,18H. The molecular formula is C14H10BrClN2. The number of hydrogen-bond acceptors (Lipinski definition) is 2. The lowest BCUT2D eigenvalue weighted by Gasteiger charge is -2.14. The third-order valence-corrected chi connectivity index (χ3v) is 3.41. The lowest BCUT2D eigenvalue weighted by molar-refractivity contribution is 0.996. The topological polar surface area (TPSA) is 35.8 Å². The summed E-state index contributed by atoms with van der Waals surface area (Å²) < 4.78 is 0.923. The van der Waals surface area contributed by atoms with Crippen molar-refractivity contribution < 1.29 is 0 Å². The number of benzene rings is 2. The van der Waals surface area contributed by atoms with Crippen LogP contribution in [0.4, 0.5) is 5.69 Å². The first-order chi connectivity index (χ1) is 8.70. The van der Waals surface area contributed by atoms with Gasteiger partial charge in [0.05, 0.1) is 6.07 Å². The third-order valence-electron chi connectivity index (χ3n) is 2.48. The van der Waals surface area contributed by atoms with Crippen LogP contribution in [0.5, 0.6) is 0 Å². The molecule has 4 heteroatoms. The molecule has 2 aromatic carbocycles. The average Bonchev–Trinajstić information content (AvgIpc) is 2.38. The summed E-state index contributed by atoms with van der Waals surface area (Å²) in [6.45, 7) is 0. The molecule has 0 fully saturated rings. The van der Waals surface area contributed by atoms with Gasteiger partial charge < -0.3 is 5.32 Å². The van der Waals surface area contributed by atoms with E-state index >= 15 is 0 Å². The highest BCUT2D eigenvalue weighted by molar-refractivity contribution is 9.10. The molecule has 0 aromatic heterocycles. The molecule has 1 N–H and O–H groups in total. The van der Waals surface area contributed by atoms with Crippen LogP contribution >= 0.6 is 27.5 Å². The van der Waals surface area contributed by atoms with Gasteiger partial charge in [-0.3, -0.25) is 0 Å². The highest BCUT2D eigenvalue weighted by Crippen LogP contribution is 2.27. The normalized spacial score (nSPS) is 11.6. The summed E-state index contributed by atoms with van der Waals surface area (Å²) in [5.41, 5.74) is 1.73. The van der Waals surface area contributed by atoms with E-state index in [1.807, 2.05) is 36.4 Å². The van der Waals surface area contributed by atoms with Gasteiger partial charge in [0.15, 0.2) is 0 Å². The van der Waals surface area contributed by atoms with Gasteiger partial charge in [0.1, 0.15) is 6.04 Å². The monoisotopic (exact) mass is 320 g/mol. The Morgan fingerprint density at radius 3 is 2.61 bits per heavy atom. The minimum absolute atomic E-state index is 0.428. The quantitative estimate of drug-likeness (QED) is 0.883. The Kier molecular flexibility index (Phi) is 4.24. The third kappa shape index (κ3) is 3.04. The second-order valence-corrected chi connectivity index (χ2v) is 5.03. The van der Waals surface area contributed by atoms with Gasteiger partial charge in [-0.05, 0) is 45.8 Å². The SMILES string of the molecule is N#CC(Nc1ccccc1Br)c1cccc(Cl)c1. The Morgan fingerprint density at radius 2 is 1.94 bits per heavy atom. The van der Waals surface area contributed by atoms with Gasteiger partial charge in [-0.15, -0.1) is 0 Å². The molecule has 2 nitrogen and oxygen atoms in total. The fourth-order valence-corrected chi connectivity index (χ4v) is 2.21. The lowest BCUT2D eigenvalue weighted by Crippen LogP contribution is -2.08. The van der Waals surface area contributed by atoms with Crippen LogP contribution in [0.3, 0.4) is 0 Å². The van der Waals surface area contributed by atoms with Crippen molar-refractivity contribution in [3.8, 4) is 6.07 Å². The molecule has 0 aliphatic heterocycles. The number of anilines is 1. The fraction of sp³-hybridized carbons (Fsp3) is 0.0714. The van der Waals surface area contributed by atoms with Crippen molar-refractivity contribution in [3.63, 3.8) is 0 Å². The smallest absolute Gasteiger partial charge is 0.140 e. The minimum Gasteiger partial charge on any atom is -0.365 e. The molecule has 90 valence electrons. The van der Waals surface area contributed by atoms with Crippen LogP contribution in [-0.2, 0) is 0 Å². The predicted octanol–water partition coefficient (Wildman–Crippen LogP) is 4.78. The molecule has 0 heterocycles. The van der Waals surface area contributed by atoms with Crippen LogP contribution < -0.4 is 5.32 Å². The van der Waals surface area contributed by atoms with Crippen LogP contribution in [0.15, 0.2) is 53.0 Å². The van der Waals surface area contributed by atoms with E-state index in [2.05, 4.69) is 27.3 Å². The summed E-state index contributed by atoms with van der Waals surface area (Å²) in [6.07, 6.45) is 0. The molecule has 1 unspecified atom stereocenters. The van der Waals surface area contributed by atoms with Gasteiger partial charge in [0, 0.05) is 15.2 Å². The summed E-state index contributed by atoms with van der Waals surface area (Å²) in [5, 5.41) is 13.1. The zero-order valence-corrected chi connectivity index (χ0v) is 11.7. The number of hydrogen-bond donors (Lipinski definition) is 1. The Hall–Kier alpha value is -1.50. The van der Waals surface area contributed by atoms with E-state index in [9.17, 15) is 5.26 Å². The van der Waals surface area contributed by atoms with Crippen LogP contribution in [-0.4, -0.2) is 0 Å². The number of nitrogens with zero attached hydrogens (tertiary/aromatic N) is 1. The van der Waals surface area contributed by atoms with Crippen LogP contribution in [0.25, 0.3) is 0 Å². The van der Waals surface area contributed by atoms with E-state index in [1.54, 1.807) is 12.1 Å². The van der Waals surface area contributed by atoms with Crippen molar-refractivity contribution in [1.29, 1.82) is 5.26 Å². The molecule has 0 bridgehead atoms. The van der Waals surface area contributed by atoms with Crippen LogP contribution in [0.2, 0.25) is 5.02 Å². The van der Waals surface area contributed by atoms with Gasteiger partial charge >= 0.3 is 0 Å². The average molecular weight is 322 g/mol. The second-order valence-electron chi connectivity index (χ2n) is 3.74. The Labute approximate surface area is 119 Å². The maximum Gasteiger partial charge on any atom is 0.140 e. The van der Waals surface area contributed by atoms with Gasteiger partial charge in [-0.2, -0.15) is 5.26 Å². The molecule has 0 radical (unpaired) electrons. The highest BCUT2D eigenvalue weighted by Gasteiger charge is 2.11. The molecule has 0 saturated heterocycles. The molecule has 0 spiro atoms. The Morgan fingerprint density at radius 1 is 1.17 bits per heavy atom. The van der Waals surface area contributed by atoms with Gasteiger partial charge in [0.2, 0.25) is 0 Å². The van der Waals surface area contributed by atoms with Crippen molar-refractivity contribution in [2.24, 2.45) is 0 Å². The van der Waals surface area contributed by atoms with E-state index in [4.69, 9.17) is 11.6 Å². The molecule has 18 heavy (non-hydrogen) atoms. The predicted molar refractivity (Wildman–Crippen MR) is 77.6 cm³/mol. The molecule has 2 aromatic rings. The molecule has 0 saturated carbocycles. The number of para-hydroxylation sites is 1. The summed E-state index contributed by atoms with van der Waals surface area (Å²) in [4.78, 5) is 0. The van der Waals surface area contributed by atoms with Gasteiger partial charge in [-0.1, -0.05) is 35.9 Å². The van der Waals surface area contributed by atoms with E-state index in [0.717, 1.165) is 15.7 Å². The van der Waals surface area contributed by atoms with Crippen molar-refractivity contribution in [2.45, 2.75) is 6.04 Å². The second kappa shape index (κ2) is 5.90. The summed E-state index contributed by atoms with van der Waals surface area (Å²) in [7, 11) is 0. The molecule has 2 rings (SSSR count). The van der Waals surface area contributed by atoms with Gasteiger partial charge in [0.25, 0.3) is 0 Å². The zero-order valence-electron chi connectivity index (χ0n) is 9.40. The molecule has 0 amide bonds. The van der Waals surface area contributed by atoms with Crippen molar-refractivity contribution in [3.05, 3.63) is 63.6 Å². The number of rotatable bonds is 3. The first-order valence-corrected chi connectivity index (χ1v) is 6.54. The van der Waals surface area contributed by atoms with Crippen molar-refractivity contribution >= 4 is 33.2 Å². The number of nitrogens with one attached hydrogen (secondary N) is 1. The van der Waals surface area contributed by atoms with E-state index in [1.165, 1.54) is 0 Å². The first-order valence-electron chi connectivity index (χ1n) is 5.37. The summed E-state index contributed by atoms with van der Waals surface area (Å²) in [5.74, 6) is 0.